The van der Waals surface area contributed by atoms with Gasteiger partial charge in [0.15, 0.2) is 0 Å². The van der Waals surface area contributed by atoms with Crippen molar-refractivity contribution >= 4 is 11.6 Å². The number of para-hydroxylation sites is 1. The number of hydrogen-bond acceptors (Lipinski definition) is 3. The van der Waals surface area contributed by atoms with Gasteiger partial charge in [-0.15, -0.1) is 0 Å². The Labute approximate surface area is 131 Å². The fourth-order valence-corrected chi connectivity index (χ4v) is 2.98. The lowest BCUT2D eigenvalue weighted by atomic mass is 10.1. The lowest BCUT2D eigenvalue weighted by molar-refractivity contribution is 0.0667. The smallest absolute Gasteiger partial charge is 0.273 e. The zero-order chi connectivity index (χ0) is 15.5. The molecule has 3 rings (SSSR count). The molecular weight excluding hydrogens is 274 g/mol. The Morgan fingerprint density at radius 2 is 1.91 bits per heavy atom. The van der Waals surface area contributed by atoms with Crippen LogP contribution >= 0.6 is 0 Å². The third-order valence-electron chi connectivity index (χ3n) is 4.22. The van der Waals surface area contributed by atoms with Crippen LogP contribution in [0.25, 0.3) is 0 Å². The monoisotopic (exact) mass is 295 g/mol. The molecule has 4 heteroatoms. The summed E-state index contributed by atoms with van der Waals surface area (Å²) in [6.45, 7) is 6.47. The summed E-state index contributed by atoms with van der Waals surface area (Å²) in [4.78, 5) is 21.3. The van der Waals surface area contributed by atoms with Crippen molar-refractivity contribution in [2.24, 2.45) is 0 Å². The molecule has 2 aromatic rings. The molecular formula is C18H21N3O. The Bertz CT molecular complexity index is 656. The van der Waals surface area contributed by atoms with Gasteiger partial charge in [0.2, 0.25) is 0 Å². The topological polar surface area (TPSA) is 36.4 Å². The van der Waals surface area contributed by atoms with Crippen LogP contribution in [0.15, 0.2) is 48.7 Å². The first-order valence-corrected chi connectivity index (χ1v) is 7.69. The maximum absolute atomic E-state index is 12.7. The fraction of sp³-hybridized carbons (Fsp3) is 0.333. The molecule has 0 radical (unpaired) electrons. The fourth-order valence-electron chi connectivity index (χ4n) is 2.98. The third-order valence-corrected chi connectivity index (χ3v) is 4.22. The van der Waals surface area contributed by atoms with E-state index in [-0.39, 0.29) is 11.9 Å². The van der Waals surface area contributed by atoms with Crippen LogP contribution in [0.5, 0.6) is 0 Å². The molecule has 0 saturated carbocycles. The van der Waals surface area contributed by atoms with Crippen LogP contribution in [-0.2, 0) is 0 Å². The van der Waals surface area contributed by atoms with E-state index in [0.29, 0.717) is 5.69 Å². The average molecular weight is 295 g/mol. The van der Waals surface area contributed by atoms with Crippen molar-refractivity contribution in [1.82, 2.24) is 9.88 Å². The molecule has 22 heavy (non-hydrogen) atoms. The summed E-state index contributed by atoms with van der Waals surface area (Å²) in [7, 11) is 0. The van der Waals surface area contributed by atoms with Crippen LogP contribution < -0.4 is 4.90 Å². The number of carbonyl (C=O) groups is 1. The lowest BCUT2D eigenvalue weighted by Crippen LogP contribution is -2.54. The molecule has 1 aromatic carbocycles. The molecule has 0 spiro atoms. The zero-order valence-electron chi connectivity index (χ0n) is 13.1. The van der Waals surface area contributed by atoms with Crippen molar-refractivity contribution in [2.45, 2.75) is 19.9 Å². The first-order chi connectivity index (χ1) is 10.7. The highest BCUT2D eigenvalue weighted by molar-refractivity contribution is 5.94. The molecule has 2 heterocycles. The van der Waals surface area contributed by atoms with Crippen LogP contribution in [0.1, 0.15) is 23.0 Å². The van der Waals surface area contributed by atoms with E-state index in [2.05, 4.69) is 41.1 Å². The minimum absolute atomic E-state index is 0.0401. The maximum atomic E-state index is 12.7. The number of benzene rings is 1. The molecule has 4 nitrogen and oxygen atoms in total. The van der Waals surface area contributed by atoms with Crippen molar-refractivity contribution in [3.05, 3.63) is 59.9 Å². The van der Waals surface area contributed by atoms with Crippen LogP contribution in [0.4, 0.5) is 5.69 Å². The number of nitrogens with zero attached hydrogens (tertiary/aromatic N) is 3. The highest BCUT2D eigenvalue weighted by Crippen LogP contribution is 2.20. The molecule has 1 aromatic heterocycles. The van der Waals surface area contributed by atoms with Crippen LogP contribution in [0.2, 0.25) is 0 Å². The van der Waals surface area contributed by atoms with Crippen LogP contribution in [-0.4, -0.2) is 41.5 Å². The highest BCUT2D eigenvalue weighted by atomic mass is 16.2. The van der Waals surface area contributed by atoms with Crippen LogP contribution in [0.3, 0.4) is 0 Å². The first-order valence-electron chi connectivity index (χ1n) is 7.69. The van der Waals surface area contributed by atoms with E-state index in [4.69, 9.17) is 0 Å². The van der Waals surface area contributed by atoms with Gasteiger partial charge in [-0.3, -0.25) is 9.78 Å². The minimum atomic E-state index is 0.0401. The number of aryl methyl sites for hydroxylation is 1. The molecule has 1 saturated heterocycles. The first kappa shape index (κ1) is 14.6. The van der Waals surface area contributed by atoms with Gasteiger partial charge in [0.1, 0.15) is 5.69 Å². The van der Waals surface area contributed by atoms with E-state index in [1.807, 2.05) is 30.0 Å². The largest absolute Gasteiger partial charge is 0.368 e. The van der Waals surface area contributed by atoms with E-state index in [1.165, 1.54) is 5.69 Å². The third kappa shape index (κ3) is 2.82. The summed E-state index contributed by atoms with van der Waals surface area (Å²) in [5.41, 5.74) is 2.73. The summed E-state index contributed by atoms with van der Waals surface area (Å²) in [5.74, 6) is 0.0401. The van der Waals surface area contributed by atoms with E-state index in [9.17, 15) is 4.79 Å². The van der Waals surface area contributed by atoms with Crippen molar-refractivity contribution in [3.8, 4) is 0 Å². The van der Waals surface area contributed by atoms with Gasteiger partial charge < -0.3 is 9.80 Å². The SMILES string of the molecule is Cc1cccnc1C(=O)N1CCN(c2ccccc2)CC1C. The average Bonchev–Trinajstić information content (AvgIpc) is 2.55. The van der Waals surface area contributed by atoms with Crippen molar-refractivity contribution in [1.29, 1.82) is 0 Å². The minimum Gasteiger partial charge on any atom is -0.368 e. The number of anilines is 1. The Morgan fingerprint density at radius 3 is 2.59 bits per heavy atom. The van der Waals surface area contributed by atoms with Gasteiger partial charge in [0.05, 0.1) is 0 Å². The molecule has 0 bridgehead atoms. The molecule has 1 unspecified atom stereocenters. The Morgan fingerprint density at radius 1 is 1.14 bits per heavy atom. The second kappa shape index (κ2) is 6.18. The second-order valence-electron chi connectivity index (χ2n) is 5.80. The number of piperazine rings is 1. The van der Waals surface area contributed by atoms with Gasteiger partial charge in [-0.2, -0.15) is 0 Å². The predicted octanol–water partition coefficient (Wildman–Crippen LogP) is 2.74. The summed E-state index contributed by atoms with van der Waals surface area (Å²) >= 11 is 0. The zero-order valence-corrected chi connectivity index (χ0v) is 13.1. The van der Waals surface area contributed by atoms with Crippen molar-refractivity contribution in [2.75, 3.05) is 24.5 Å². The molecule has 0 N–H and O–H groups in total. The lowest BCUT2D eigenvalue weighted by Gasteiger charge is -2.41. The predicted molar refractivity (Wildman–Crippen MR) is 88.1 cm³/mol. The quantitative estimate of drug-likeness (QED) is 0.855. The van der Waals surface area contributed by atoms with Gasteiger partial charge in [-0.1, -0.05) is 24.3 Å². The number of hydrogen-bond donors (Lipinski definition) is 0. The normalized spacial score (nSPS) is 18.4. The number of carbonyl (C=O) groups excluding carboxylic acids is 1. The number of aromatic nitrogens is 1. The molecule has 114 valence electrons. The summed E-state index contributed by atoms with van der Waals surface area (Å²) in [6, 6.07) is 14.3. The van der Waals surface area contributed by atoms with Crippen LogP contribution in [0, 0.1) is 6.92 Å². The molecule has 1 aliphatic rings. The Kier molecular flexibility index (Phi) is 4.09. The van der Waals surface area contributed by atoms with E-state index in [1.54, 1.807) is 6.20 Å². The van der Waals surface area contributed by atoms with Crippen molar-refractivity contribution in [3.63, 3.8) is 0 Å². The van der Waals surface area contributed by atoms with Crippen molar-refractivity contribution < 1.29 is 4.79 Å². The number of pyridine rings is 1. The van der Waals surface area contributed by atoms with Gasteiger partial charge in [0, 0.05) is 37.6 Å². The molecule has 0 aliphatic carbocycles. The molecule has 1 amide bonds. The van der Waals surface area contributed by atoms with Gasteiger partial charge in [-0.25, -0.2) is 0 Å². The summed E-state index contributed by atoms with van der Waals surface area (Å²) < 4.78 is 0. The molecule has 1 atom stereocenters. The summed E-state index contributed by atoms with van der Waals surface area (Å²) in [5, 5.41) is 0. The van der Waals surface area contributed by atoms with Gasteiger partial charge in [-0.05, 0) is 37.6 Å². The molecule has 1 fully saturated rings. The van der Waals surface area contributed by atoms with E-state index < -0.39 is 0 Å². The van der Waals surface area contributed by atoms with E-state index in [0.717, 1.165) is 25.2 Å². The Hall–Kier alpha value is -2.36. The van der Waals surface area contributed by atoms with Gasteiger partial charge in [0.25, 0.3) is 5.91 Å². The number of amides is 1. The standard InChI is InChI=1S/C18H21N3O/c1-14-7-6-10-19-17(14)18(22)21-12-11-20(13-15(21)2)16-8-4-3-5-9-16/h3-10,15H,11-13H2,1-2H3. The summed E-state index contributed by atoms with van der Waals surface area (Å²) in [6.07, 6.45) is 1.69. The van der Waals surface area contributed by atoms with Gasteiger partial charge >= 0.3 is 0 Å². The Balaban J connectivity index is 1.73. The van der Waals surface area contributed by atoms with E-state index >= 15 is 0 Å². The maximum Gasteiger partial charge on any atom is 0.273 e. The number of rotatable bonds is 2. The second-order valence-corrected chi connectivity index (χ2v) is 5.80. The molecule has 1 aliphatic heterocycles. The highest BCUT2D eigenvalue weighted by Gasteiger charge is 2.29.